The summed E-state index contributed by atoms with van der Waals surface area (Å²) < 4.78 is 0. The van der Waals surface area contributed by atoms with E-state index >= 15 is 0 Å². The van der Waals surface area contributed by atoms with Crippen LogP contribution in [0.4, 0.5) is 5.69 Å². The van der Waals surface area contributed by atoms with Gasteiger partial charge in [0.25, 0.3) is 0 Å². The average Bonchev–Trinajstić information content (AvgIpc) is 2.77. The Morgan fingerprint density at radius 2 is 1.77 bits per heavy atom. The van der Waals surface area contributed by atoms with Crippen LogP contribution >= 0.6 is 0 Å². The molecule has 2 aliphatic carbocycles. The van der Waals surface area contributed by atoms with E-state index in [1.807, 2.05) is 0 Å². The van der Waals surface area contributed by atoms with E-state index in [1.165, 1.54) is 27.9 Å². The van der Waals surface area contributed by atoms with Gasteiger partial charge < -0.3 is 5.32 Å². The highest BCUT2D eigenvalue weighted by Gasteiger charge is 2.35. The number of allylic oxidation sites excluding steroid dienone is 2. The van der Waals surface area contributed by atoms with E-state index in [0.29, 0.717) is 6.04 Å². The predicted octanol–water partition coefficient (Wildman–Crippen LogP) is 5.29. The maximum atomic E-state index is 3.64. The fourth-order valence-corrected chi connectivity index (χ4v) is 3.70. The van der Waals surface area contributed by atoms with Gasteiger partial charge in [-0.2, -0.15) is 0 Å². The van der Waals surface area contributed by atoms with Crippen LogP contribution in [0.1, 0.15) is 31.4 Å². The Labute approximate surface area is 132 Å². The zero-order valence-corrected chi connectivity index (χ0v) is 13.1. The Morgan fingerprint density at radius 1 is 0.955 bits per heavy atom. The number of hydrogen-bond donors (Lipinski definition) is 1. The third-order valence-electron chi connectivity index (χ3n) is 4.92. The second-order valence-electron chi connectivity index (χ2n) is 6.73. The predicted molar refractivity (Wildman–Crippen MR) is 94.3 cm³/mol. The molecule has 2 aromatic rings. The molecule has 0 aromatic heterocycles. The van der Waals surface area contributed by atoms with E-state index in [0.717, 1.165) is 6.42 Å². The molecule has 1 atom stereocenters. The first-order valence-electron chi connectivity index (χ1n) is 8.00. The Kier molecular flexibility index (Phi) is 2.97. The summed E-state index contributed by atoms with van der Waals surface area (Å²) in [7, 11) is 0. The van der Waals surface area contributed by atoms with Gasteiger partial charge in [-0.25, -0.2) is 0 Å². The van der Waals surface area contributed by atoms with Gasteiger partial charge in [-0.1, -0.05) is 68.5 Å². The molecule has 0 saturated heterocycles. The van der Waals surface area contributed by atoms with E-state index in [9.17, 15) is 0 Å². The average molecular weight is 287 g/mol. The Hall–Kier alpha value is -2.28. The maximum Gasteiger partial charge on any atom is 0.0482 e. The third kappa shape index (κ3) is 2.00. The van der Waals surface area contributed by atoms with Gasteiger partial charge in [-0.3, -0.25) is 0 Å². The first-order valence-corrected chi connectivity index (χ1v) is 8.00. The molecule has 1 heteroatoms. The van der Waals surface area contributed by atoms with Crippen LogP contribution in [0.3, 0.4) is 0 Å². The van der Waals surface area contributed by atoms with Crippen molar-refractivity contribution in [2.75, 3.05) is 5.32 Å². The molecule has 1 nitrogen and oxygen atoms in total. The molecule has 0 heterocycles. The van der Waals surface area contributed by atoms with Gasteiger partial charge in [0.1, 0.15) is 0 Å². The highest BCUT2D eigenvalue weighted by molar-refractivity contribution is 5.82. The minimum atomic E-state index is 0.0753. The summed E-state index contributed by atoms with van der Waals surface area (Å²) >= 11 is 0. The molecule has 0 aliphatic heterocycles. The SMILES string of the molecule is CC1(C)c2ccccc2-c2ccc(NC3C=CC=CC3)cc21. The Morgan fingerprint density at radius 3 is 2.59 bits per heavy atom. The van der Waals surface area contributed by atoms with Crippen LogP contribution < -0.4 is 5.32 Å². The zero-order valence-electron chi connectivity index (χ0n) is 13.1. The largest absolute Gasteiger partial charge is 0.379 e. The molecule has 0 amide bonds. The quantitative estimate of drug-likeness (QED) is 0.791. The lowest BCUT2D eigenvalue weighted by atomic mass is 9.82. The molecule has 2 aliphatic rings. The summed E-state index contributed by atoms with van der Waals surface area (Å²) in [6.07, 6.45) is 9.73. The van der Waals surface area contributed by atoms with Crippen molar-refractivity contribution in [3.63, 3.8) is 0 Å². The van der Waals surface area contributed by atoms with Crippen LogP contribution in [-0.2, 0) is 5.41 Å². The minimum absolute atomic E-state index is 0.0753. The summed E-state index contributed by atoms with van der Waals surface area (Å²) in [5.41, 5.74) is 6.91. The molecule has 0 fully saturated rings. The molecular weight excluding hydrogens is 266 g/mol. The number of benzene rings is 2. The van der Waals surface area contributed by atoms with Crippen LogP contribution in [0.5, 0.6) is 0 Å². The fraction of sp³-hybridized carbons (Fsp3) is 0.238. The number of rotatable bonds is 2. The van der Waals surface area contributed by atoms with E-state index in [4.69, 9.17) is 0 Å². The van der Waals surface area contributed by atoms with Gasteiger partial charge >= 0.3 is 0 Å². The standard InChI is InChI=1S/C21H21N/c1-21(2)19-11-7-6-10-17(19)18-13-12-16(14-20(18)21)22-15-8-4-3-5-9-15/h3-8,10-15,22H,9H2,1-2H3. The van der Waals surface area contributed by atoms with Gasteiger partial charge in [0, 0.05) is 17.1 Å². The summed E-state index contributed by atoms with van der Waals surface area (Å²) in [5.74, 6) is 0. The van der Waals surface area contributed by atoms with Gasteiger partial charge in [-0.15, -0.1) is 0 Å². The molecule has 2 aromatic carbocycles. The van der Waals surface area contributed by atoms with Gasteiger partial charge in [0.2, 0.25) is 0 Å². The topological polar surface area (TPSA) is 12.0 Å². The zero-order chi connectivity index (χ0) is 15.2. The fourth-order valence-electron chi connectivity index (χ4n) is 3.70. The molecule has 0 bridgehead atoms. The van der Waals surface area contributed by atoms with Crippen molar-refractivity contribution in [1.29, 1.82) is 0 Å². The third-order valence-corrected chi connectivity index (χ3v) is 4.92. The molecule has 110 valence electrons. The van der Waals surface area contributed by atoms with Crippen LogP contribution in [0.2, 0.25) is 0 Å². The highest BCUT2D eigenvalue weighted by atomic mass is 14.9. The monoisotopic (exact) mass is 287 g/mol. The van der Waals surface area contributed by atoms with Crippen LogP contribution in [0.25, 0.3) is 11.1 Å². The lowest BCUT2D eigenvalue weighted by Crippen LogP contribution is -2.18. The van der Waals surface area contributed by atoms with Crippen molar-refractivity contribution < 1.29 is 0 Å². The lowest BCUT2D eigenvalue weighted by Gasteiger charge is -2.23. The van der Waals surface area contributed by atoms with Gasteiger partial charge in [0.15, 0.2) is 0 Å². The molecule has 4 rings (SSSR count). The highest BCUT2D eigenvalue weighted by Crippen LogP contribution is 2.49. The number of nitrogens with one attached hydrogen (secondary N) is 1. The first-order chi connectivity index (χ1) is 10.7. The Bertz CT molecular complexity index is 780. The van der Waals surface area contributed by atoms with E-state index in [-0.39, 0.29) is 5.41 Å². The molecule has 0 radical (unpaired) electrons. The van der Waals surface area contributed by atoms with Crippen LogP contribution in [0.15, 0.2) is 66.8 Å². The summed E-state index contributed by atoms with van der Waals surface area (Å²) in [5, 5.41) is 3.64. The number of hydrogen-bond acceptors (Lipinski definition) is 1. The van der Waals surface area contributed by atoms with Crippen LogP contribution in [0, 0.1) is 0 Å². The van der Waals surface area contributed by atoms with Crippen molar-refractivity contribution in [3.05, 3.63) is 77.9 Å². The first kappa shape index (κ1) is 13.4. The Balaban J connectivity index is 1.72. The molecule has 1 unspecified atom stereocenters. The minimum Gasteiger partial charge on any atom is -0.379 e. The van der Waals surface area contributed by atoms with Crippen molar-refractivity contribution >= 4 is 5.69 Å². The number of fused-ring (bicyclic) bond motifs is 3. The lowest BCUT2D eigenvalue weighted by molar-refractivity contribution is 0.660. The van der Waals surface area contributed by atoms with Gasteiger partial charge in [0.05, 0.1) is 0 Å². The molecular formula is C21H21N. The van der Waals surface area contributed by atoms with Crippen LogP contribution in [-0.4, -0.2) is 6.04 Å². The van der Waals surface area contributed by atoms with Crippen molar-refractivity contribution in [2.24, 2.45) is 0 Å². The smallest absolute Gasteiger partial charge is 0.0482 e. The van der Waals surface area contributed by atoms with Gasteiger partial charge in [-0.05, 0) is 40.8 Å². The summed E-state index contributed by atoms with van der Waals surface area (Å²) in [4.78, 5) is 0. The molecule has 1 N–H and O–H groups in total. The van der Waals surface area contributed by atoms with Crippen molar-refractivity contribution in [3.8, 4) is 11.1 Å². The normalized spacial score (nSPS) is 20.5. The molecule has 0 saturated carbocycles. The van der Waals surface area contributed by atoms with E-state index < -0.39 is 0 Å². The molecule has 22 heavy (non-hydrogen) atoms. The maximum absolute atomic E-state index is 3.64. The second-order valence-corrected chi connectivity index (χ2v) is 6.73. The molecule has 0 spiro atoms. The number of anilines is 1. The van der Waals surface area contributed by atoms with Crippen molar-refractivity contribution in [2.45, 2.75) is 31.7 Å². The van der Waals surface area contributed by atoms with Crippen molar-refractivity contribution in [1.82, 2.24) is 0 Å². The second kappa shape index (κ2) is 4.88. The van der Waals surface area contributed by atoms with E-state index in [2.05, 4.69) is 85.9 Å². The summed E-state index contributed by atoms with van der Waals surface area (Å²) in [6.45, 7) is 4.65. The van der Waals surface area contributed by atoms with E-state index in [1.54, 1.807) is 0 Å². The summed E-state index contributed by atoms with van der Waals surface area (Å²) in [6, 6.07) is 16.0.